The third-order valence-electron chi connectivity index (χ3n) is 5.88. The Labute approximate surface area is 218 Å². The molecule has 0 spiro atoms. The summed E-state index contributed by atoms with van der Waals surface area (Å²) in [7, 11) is 1.60. The lowest BCUT2D eigenvalue weighted by Crippen LogP contribution is -2.51. The summed E-state index contributed by atoms with van der Waals surface area (Å²) in [5, 5.41) is 3.57. The first-order valence-electron chi connectivity index (χ1n) is 12.0. The first kappa shape index (κ1) is 27.1. The molecule has 7 heteroatoms. The van der Waals surface area contributed by atoms with E-state index in [-0.39, 0.29) is 25.0 Å². The second-order valence-electron chi connectivity index (χ2n) is 8.63. The van der Waals surface area contributed by atoms with Crippen LogP contribution in [-0.4, -0.2) is 43.0 Å². The van der Waals surface area contributed by atoms with Gasteiger partial charge in [0.15, 0.2) is 6.61 Å². The lowest BCUT2D eigenvalue weighted by Gasteiger charge is -2.31. The number of likely N-dealkylation sites (N-methyl/N-ethyl adjacent to an activating group) is 1. The largest absolute Gasteiger partial charge is 0.497 e. The van der Waals surface area contributed by atoms with Gasteiger partial charge in [-0.05, 0) is 67.3 Å². The smallest absolute Gasteiger partial charge is 0.261 e. The zero-order chi connectivity index (χ0) is 26.1. The minimum atomic E-state index is -0.719. The third kappa shape index (κ3) is 7.25. The Hall–Kier alpha value is -3.51. The summed E-state index contributed by atoms with van der Waals surface area (Å²) in [5.74, 6) is 0.730. The van der Waals surface area contributed by atoms with Crippen LogP contribution in [0.25, 0.3) is 0 Å². The van der Waals surface area contributed by atoms with Crippen molar-refractivity contribution in [3.63, 3.8) is 0 Å². The van der Waals surface area contributed by atoms with Crippen LogP contribution in [0.4, 0.5) is 0 Å². The molecule has 1 unspecified atom stereocenters. The maximum Gasteiger partial charge on any atom is 0.261 e. The molecule has 0 aromatic heterocycles. The van der Waals surface area contributed by atoms with Crippen LogP contribution in [0.15, 0.2) is 66.7 Å². The van der Waals surface area contributed by atoms with E-state index >= 15 is 0 Å². The number of hydrogen-bond acceptors (Lipinski definition) is 4. The number of nitrogens with zero attached hydrogens (tertiary/aromatic N) is 1. The summed E-state index contributed by atoms with van der Waals surface area (Å²) in [6.07, 6.45) is 0.377. The van der Waals surface area contributed by atoms with Crippen molar-refractivity contribution in [1.82, 2.24) is 10.2 Å². The molecular formula is C29H33ClN2O4. The van der Waals surface area contributed by atoms with E-state index in [0.29, 0.717) is 29.5 Å². The molecule has 6 nitrogen and oxygen atoms in total. The van der Waals surface area contributed by atoms with Gasteiger partial charge in [0.1, 0.15) is 17.5 Å². The molecule has 3 rings (SSSR count). The van der Waals surface area contributed by atoms with Gasteiger partial charge < -0.3 is 19.7 Å². The molecule has 1 N–H and O–H groups in total. The summed E-state index contributed by atoms with van der Waals surface area (Å²) in [5.41, 5.74) is 3.55. The first-order valence-corrected chi connectivity index (χ1v) is 12.3. The maximum atomic E-state index is 13.6. The molecular weight excluding hydrogens is 476 g/mol. The van der Waals surface area contributed by atoms with E-state index in [2.05, 4.69) is 5.32 Å². The Bertz CT molecular complexity index is 1160. The van der Waals surface area contributed by atoms with E-state index < -0.39 is 6.04 Å². The molecule has 0 aliphatic rings. The molecule has 190 valence electrons. The number of ether oxygens (including phenoxy) is 2. The summed E-state index contributed by atoms with van der Waals surface area (Å²) < 4.78 is 11.2. The monoisotopic (exact) mass is 508 g/mol. The Morgan fingerprint density at radius 2 is 1.61 bits per heavy atom. The molecule has 3 aromatic carbocycles. The van der Waals surface area contributed by atoms with Crippen LogP contribution in [0.2, 0.25) is 5.02 Å². The van der Waals surface area contributed by atoms with Crippen molar-refractivity contribution in [2.75, 3.05) is 20.3 Å². The summed E-state index contributed by atoms with van der Waals surface area (Å²) in [4.78, 5) is 28.4. The zero-order valence-electron chi connectivity index (χ0n) is 21.2. The molecule has 36 heavy (non-hydrogen) atoms. The van der Waals surface area contributed by atoms with Crippen molar-refractivity contribution < 1.29 is 19.1 Å². The Morgan fingerprint density at radius 1 is 0.944 bits per heavy atom. The van der Waals surface area contributed by atoms with Gasteiger partial charge in [-0.3, -0.25) is 9.59 Å². The van der Waals surface area contributed by atoms with Gasteiger partial charge in [0.2, 0.25) is 5.91 Å². The van der Waals surface area contributed by atoms with Crippen molar-refractivity contribution in [3.8, 4) is 11.5 Å². The SMILES string of the molecule is CCNC(=O)C(Cc1ccccc1)N(Cc1cccc(OC)c1)C(=O)COc1cc(C)c(Cl)c(C)c1. The van der Waals surface area contributed by atoms with E-state index in [1.165, 1.54) is 0 Å². The first-order chi connectivity index (χ1) is 17.3. The second-order valence-corrected chi connectivity index (χ2v) is 9.01. The van der Waals surface area contributed by atoms with Crippen LogP contribution in [0.1, 0.15) is 29.2 Å². The lowest BCUT2D eigenvalue weighted by atomic mass is 10.0. The van der Waals surface area contributed by atoms with Gasteiger partial charge in [-0.2, -0.15) is 0 Å². The number of amides is 2. The van der Waals surface area contributed by atoms with Crippen LogP contribution in [0.3, 0.4) is 0 Å². The Morgan fingerprint density at radius 3 is 2.25 bits per heavy atom. The van der Waals surface area contributed by atoms with Crippen LogP contribution in [-0.2, 0) is 22.6 Å². The molecule has 0 aliphatic carbocycles. The summed E-state index contributed by atoms with van der Waals surface area (Å²) in [6, 6.07) is 20.1. The van der Waals surface area contributed by atoms with Gasteiger partial charge in [-0.15, -0.1) is 0 Å². The van der Waals surface area contributed by atoms with Gasteiger partial charge in [-0.25, -0.2) is 0 Å². The standard InChI is InChI=1S/C29H33ClN2O4/c1-5-31-29(34)26(17-22-10-7-6-8-11-22)32(18-23-12-9-13-24(16-23)35-4)27(33)19-36-25-14-20(2)28(30)21(3)15-25/h6-16,26H,5,17-19H2,1-4H3,(H,31,34). The normalized spacial score (nSPS) is 11.5. The fourth-order valence-corrected chi connectivity index (χ4v) is 4.14. The lowest BCUT2D eigenvalue weighted by molar-refractivity contribution is -0.142. The molecule has 3 aromatic rings. The molecule has 0 saturated heterocycles. The van der Waals surface area contributed by atoms with Crippen molar-refractivity contribution >= 4 is 23.4 Å². The molecule has 0 aliphatic heterocycles. The minimum Gasteiger partial charge on any atom is -0.497 e. The maximum absolute atomic E-state index is 13.6. The Balaban J connectivity index is 1.91. The number of aryl methyl sites for hydroxylation is 2. The average molecular weight is 509 g/mol. The molecule has 0 radical (unpaired) electrons. The van der Waals surface area contributed by atoms with Crippen molar-refractivity contribution in [2.45, 2.75) is 39.8 Å². The van der Waals surface area contributed by atoms with Crippen LogP contribution < -0.4 is 14.8 Å². The van der Waals surface area contributed by atoms with Gasteiger partial charge in [-0.1, -0.05) is 54.1 Å². The van der Waals surface area contributed by atoms with E-state index in [1.807, 2.05) is 75.4 Å². The Kier molecular flexibility index (Phi) is 9.77. The van der Waals surface area contributed by atoms with Crippen LogP contribution in [0, 0.1) is 13.8 Å². The summed E-state index contributed by atoms with van der Waals surface area (Å²) >= 11 is 6.28. The predicted molar refractivity (Wildman–Crippen MR) is 143 cm³/mol. The van der Waals surface area contributed by atoms with Gasteiger partial charge in [0, 0.05) is 24.5 Å². The molecule has 1 atom stereocenters. The summed E-state index contributed by atoms with van der Waals surface area (Å²) in [6.45, 7) is 6.13. The molecule has 0 saturated carbocycles. The van der Waals surface area contributed by atoms with Crippen molar-refractivity contribution in [3.05, 3.63) is 94.0 Å². The predicted octanol–water partition coefficient (Wildman–Crippen LogP) is 5.12. The number of carbonyl (C=O) groups is 2. The van der Waals surface area contributed by atoms with Crippen molar-refractivity contribution in [1.29, 1.82) is 0 Å². The van der Waals surface area contributed by atoms with Crippen LogP contribution in [0.5, 0.6) is 11.5 Å². The van der Waals surface area contributed by atoms with Gasteiger partial charge in [0.25, 0.3) is 5.91 Å². The number of benzene rings is 3. The highest BCUT2D eigenvalue weighted by Gasteiger charge is 2.30. The number of carbonyl (C=O) groups excluding carboxylic acids is 2. The second kappa shape index (κ2) is 13.0. The van der Waals surface area contributed by atoms with Gasteiger partial charge >= 0.3 is 0 Å². The molecule has 0 bridgehead atoms. The van der Waals surface area contributed by atoms with E-state index in [0.717, 1.165) is 22.3 Å². The van der Waals surface area contributed by atoms with E-state index in [1.54, 1.807) is 24.1 Å². The number of methoxy groups -OCH3 is 1. The number of rotatable bonds is 11. The molecule has 0 fully saturated rings. The fourth-order valence-electron chi connectivity index (χ4n) is 4.03. The zero-order valence-corrected chi connectivity index (χ0v) is 22.0. The topological polar surface area (TPSA) is 67.9 Å². The number of halogens is 1. The minimum absolute atomic E-state index is 0.212. The fraction of sp³-hybridized carbons (Fsp3) is 0.310. The highest BCUT2D eigenvalue weighted by Crippen LogP contribution is 2.26. The van der Waals surface area contributed by atoms with Crippen molar-refractivity contribution in [2.24, 2.45) is 0 Å². The molecule has 2 amide bonds. The van der Waals surface area contributed by atoms with E-state index in [4.69, 9.17) is 21.1 Å². The highest BCUT2D eigenvalue weighted by atomic mass is 35.5. The van der Waals surface area contributed by atoms with Gasteiger partial charge in [0.05, 0.1) is 7.11 Å². The quantitative estimate of drug-likeness (QED) is 0.390. The average Bonchev–Trinajstić information content (AvgIpc) is 2.88. The van der Waals surface area contributed by atoms with Crippen LogP contribution >= 0.6 is 11.6 Å². The number of hydrogen-bond donors (Lipinski definition) is 1. The third-order valence-corrected chi connectivity index (χ3v) is 6.48. The molecule has 0 heterocycles. The van der Waals surface area contributed by atoms with E-state index in [9.17, 15) is 9.59 Å². The highest BCUT2D eigenvalue weighted by molar-refractivity contribution is 6.32. The number of nitrogens with one attached hydrogen (secondary N) is 1.